The third-order valence-electron chi connectivity index (χ3n) is 2.12. The summed E-state index contributed by atoms with van der Waals surface area (Å²) >= 11 is 2.24. The topological polar surface area (TPSA) is 47.6 Å². The van der Waals surface area contributed by atoms with E-state index in [4.69, 9.17) is 9.47 Å². The Kier molecular flexibility index (Phi) is 6.46. The second-order valence-electron chi connectivity index (χ2n) is 3.56. The highest BCUT2D eigenvalue weighted by Gasteiger charge is 2.03. The number of aryl methyl sites for hydroxylation is 1. The largest absolute Gasteiger partial charge is 0.382 e. The molecule has 0 aromatic heterocycles. The Bertz CT molecular complexity index is 382. The van der Waals surface area contributed by atoms with Gasteiger partial charge in [-0.05, 0) is 47.2 Å². The second kappa shape index (κ2) is 7.62. The zero-order chi connectivity index (χ0) is 12.7. The minimum absolute atomic E-state index is 0.0494. The summed E-state index contributed by atoms with van der Waals surface area (Å²) in [6.07, 6.45) is 0. The smallest absolute Gasteiger partial charge is 0.250 e. The van der Waals surface area contributed by atoms with E-state index in [2.05, 4.69) is 27.9 Å². The van der Waals surface area contributed by atoms with Crippen LogP contribution in [0.3, 0.4) is 0 Å². The number of halogens is 1. The van der Waals surface area contributed by atoms with E-state index in [9.17, 15) is 4.79 Å². The van der Waals surface area contributed by atoms with Crippen LogP contribution in [0.2, 0.25) is 0 Å². The third-order valence-corrected chi connectivity index (χ3v) is 3.28. The number of hydrogen-bond donors (Lipinski definition) is 1. The molecule has 0 saturated heterocycles. The van der Waals surface area contributed by atoms with Crippen molar-refractivity contribution in [3.63, 3.8) is 0 Å². The average molecular weight is 349 g/mol. The van der Waals surface area contributed by atoms with Crippen LogP contribution in [0.25, 0.3) is 0 Å². The van der Waals surface area contributed by atoms with Crippen LogP contribution in [0.4, 0.5) is 5.69 Å². The Labute approximate surface area is 115 Å². The van der Waals surface area contributed by atoms with Gasteiger partial charge in [0, 0.05) is 16.4 Å². The minimum Gasteiger partial charge on any atom is -0.382 e. The van der Waals surface area contributed by atoms with Crippen LogP contribution >= 0.6 is 22.6 Å². The summed E-state index contributed by atoms with van der Waals surface area (Å²) in [5.41, 5.74) is 1.99. The molecule has 0 aliphatic heterocycles. The van der Waals surface area contributed by atoms with Crippen molar-refractivity contribution in [2.45, 2.75) is 6.92 Å². The van der Waals surface area contributed by atoms with Crippen molar-refractivity contribution in [1.82, 2.24) is 0 Å². The van der Waals surface area contributed by atoms with Crippen LogP contribution in [0.5, 0.6) is 0 Å². The molecule has 1 aromatic carbocycles. The van der Waals surface area contributed by atoms with Crippen LogP contribution in [0.1, 0.15) is 5.56 Å². The van der Waals surface area contributed by atoms with Crippen molar-refractivity contribution in [1.29, 1.82) is 0 Å². The normalized spacial score (nSPS) is 10.3. The number of methoxy groups -OCH3 is 1. The van der Waals surface area contributed by atoms with Crippen LogP contribution in [0, 0.1) is 10.5 Å². The molecule has 1 rings (SSSR count). The van der Waals surface area contributed by atoms with E-state index in [1.54, 1.807) is 7.11 Å². The van der Waals surface area contributed by atoms with E-state index >= 15 is 0 Å². The lowest BCUT2D eigenvalue weighted by Crippen LogP contribution is -2.19. The Hall–Kier alpha value is -0.660. The molecule has 0 unspecified atom stereocenters. The monoisotopic (exact) mass is 349 g/mol. The van der Waals surface area contributed by atoms with E-state index in [0.29, 0.717) is 13.2 Å². The predicted octanol–water partition coefficient (Wildman–Crippen LogP) is 2.20. The molecule has 0 heterocycles. The molecule has 0 aliphatic carbocycles. The summed E-state index contributed by atoms with van der Waals surface area (Å²) < 4.78 is 11.1. The van der Waals surface area contributed by atoms with Crippen molar-refractivity contribution < 1.29 is 14.3 Å². The minimum atomic E-state index is -0.152. The molecule has 1 N–H and O–H groups in total. The van der Waals surface area contributed by atoms with E-state index in [1.165, 1.54) is 5.56 Å². The first kappa shape index (κ1) is 14.4. The summed E-state index contributed by atoms with van der Waals surface area (Å²) in [5.74, 6) is -0.152. The summed E-state index contributed by atoms with van der Waals surface area (Å²) in [4.78, 5) is 11.5. The van der Waals surface area contributed by atoms with Gasteiger partial charge in [0.05, 0.1) is 13.2 Å². The predicted molar refractivity (Wildman–Crippen MR) is 75.2 cm³/mol. The molecular formula is C12H16INO3. The van der Waals surface area contributed by atoms with Gasteiger partial charge in [0.25, 0.3) is 0 Å². The first-order valence-corrected chi connectivity index (χ1v) is 6.34. The van der Waals surface area contributed by atoms with Crippen LogP contribution in [-0.2, 0) is 14.3 Å². The van der Waals surface area contributed by atoms with Crippen molar-refractivity contribution in [2.24, 2.45) is 0 Å². The fraction of sp³-hybridized carbons (Fsp3) is 0.417. The number of hydrogen-bond acceptors (Lipinski definition) is 3. The fourth-order valence-corrected chi connectivity index (χ4v) is 1.69. The Morgan fingerprint density at radius 3 is 2.82 bits per heavy atom. The summed E-state index contributed by atoms with van der Waals surface area (Å²) in [6, 6.07) is 5.79. The lowest BCUT2D eigenvalue weighted by molar-refractivity contribution is -0.121. The zero-order valence-corrected chi connectivity index (χ0v) is 12.1. The molecule has 0 atom stereocenters. The van der Waals surface area contributed by atoms with Gasteiger partial charge in [0.15, 0.2) is 0 Å². The number of ether oxygens (including phenoxy) is 2. The molecule has 5 heteroatoms. The van der Waals surface area contributed by atoms with Crippen molar-refractivity contribution in [3.05, 3.63) is 27.3 Å². The quantitative estimate of drug-likeness (QED) is 0.633. The molecule has 0 aliphatic rings. The first-order valence-electron chi connectivity index (χ1n) is 5.26. The van der Waals surface area contributed by atoms with Gasteiger partial charge >= 0.3 is 0 Å². The number of benzene rings is 1. The summed E-state index contributed by atoms with van der Waals surface area (Å²) in [7, 11) is 1.59. The van der Waals surface area contributed by atoms with Crippen LogP contribution < -0.4 is 5.32 Å². The molecule has 0 fully saturated rings. The number of nitrogens with one attached hydrogen (secondary N) is 1. The molecule has 4 nitrogen and oxygen atoms in total. The summed E-state index contributed by atoms with van der Waals surface area (Å²) in [5, 5.41) is 2.78. The van der Waals surface area contributed by atoms with Gasteiger partial charge in [-0.15, -0.1) is 0 Å². The first-order chi connectivity index (χ1) is 8.13. The zero-order valence-electron chi connectivity index (χ0n) is 9.96. The maximum Gasteiger partial charge on any atom is 0.250 e. The van der Waals surface area contributed by atoms with Gasteiger partial charge < -0.3 is 14.8 Å². The van der Waals surface area contributed by atoms with E-state index in [0.717, 1.165) is 9.26 Å². The lowest BCUT2D eigenvalue weighted by atomic mass is 10.2. The van der Waals surface area contributed by atoms with Gasteiger partial charge in [-0.2, -0.15) is 0 Å². The van der Waals surface area contributed by atoms with Gasteiger partial charge in [0.1, 0.15) is 6.61 Å². The lowest BCUT2D eigenvalue weighted by Gasteiger charge is -2.07. The maximum absolute atomic E-state index is 11.5. The van der Waals surface area contributed by atoms with Crippen molar-refractivity contribution in [3.8, 4) is 0 Å². The van der Waals surface area contributed by atoms with Gasteiger partial charge in [-0.25, -0.2) is 0 Å². The second-order valence-corrected chi connectivity index (χ2v) is 4.72. The highest BCUT2D eigenvalue weighted by molar-refractivity contribution is 14.1. The Morgan fingerprint density at radius 2 is 2.18 bits per heavy atom. The van der Waals surface area contributed by atoms with E-state index in [-0.39, 0.29) is 12.5 Å². The molecule has 0 spiro atoms. The molecule has 0 saturated carbocycles. The number of carbonyl (C=O) groups excluding carboxylic acids is 1. The van der Waals surface area contributed by atoms with Gasteiger partial charge in [-0.3, -0.25) is 4.79 Å². The van der Waals surface area contributed by atoms with Crippen molar-refractivity contribution >= 4 is 34.2 Å². The molecule has 1 amide bonds. The number of anilines is 1. The van der Waals surface area contributed by atoms with Crippen LogP contribution in [-0.4, -0.2) is 32.8 Å². The number of carbonyl (C=O) groups is 1. The molecular weight excluding hydrogens is 333 g/mol. The number of amides is 1. The van der Waals surface area contributed by atoms with E-state index < -0.39 is 0 Å². The molecule has 17 heavy (non-hydrogen) atoms. The third kappa shape index (κ3) is 5.47. The molecule has 0 radical (unpaired) electrons. The van der Waals surface area contributed by atoms with Gasteiger partial charge in [0.2, 0.25) is 5.91 Å². The standard InChI is InChI=1S/C12H16INO3/c1-9-3-4-10(7-11(9)13)14-12(15)8-17-6-5-16-2/h3-4,7H,5-6,8H2,1-2H3,(H,14,15). The van der Waals surface area contributed by atoms with E-state index in [1.807, 2.05) is 25.1 Å². The maximum atomic E-state index is 11.5. The van der Waals surface area contributed by atoms with Gasteiger partial charge in [-0.1, -0.05) is 6.07 Å². The highest BCUT2D eigenvalue weighted by atomic mass is 127. The Balaban J connectivity index is 2.37. The number of rotatable bonds is 6. The fourth-order valence-electron chi connectivity index (χ4n) is 1.17. The molecule has 0 bridgehead atoms. The summed E-state index contributed by atoms with van der Waals surface area (Å²) in [6.45, 7) is 3.00. The molecule has 94 valence electrons. The van der Waals surface area contributed by atoms with Crippen LogP contribution in [0.15, 0.2) is 18.2 Å². The van der Waals surface area contributed by atoms with Crippen molar-refractivity contribution in [2.75, 3.05) is 32.2 Å². The SMILES string of the molecule is COCCOCC(=O)Nc1ccc(C)c(I)c1. The Morgan fingerprint density at radius 1 is 1.41 bits per heavy atom. The molecule has 1 aromatic rings. The average Bonchev–Trinajstić information content (AvgIpc) is 2.30. The highest BCUT2D eigenvalue weighted by Crippen LogP contribution is 2.16.